The van der Waals surface area contributed by atoms with Crippen LogP contribution in [0.4, 0.5) is 0 Å². The van der Waals surface area contributed by atoms with Gasteiger partial charge in [-0.25, -0.2) is 4.79 Å². The topological polar surface area (TPSA) is 75.7 Å². The standard InChI is InChI=1S/C22H29ClN2O4/c1-6-29-22(28)21-15(5)25(12-19(26)24-14(4)13(2)3)20(27)11-18(21)16-7-9-17(23)10-8-16/h7-10,13-14,18H,6,11-12H2,1-5H3,(H,24,26)/t14-,18-/m1/s1. The van der Waals surface area contributed by atoms with Gasteiger partial charge in [0.15, 0.2) is 0 Å². The molecule has 1 aliphatic heterocycles. The van der Waals surface area contributed by atoms with E-state index in [4.69, 9.17) is 16.3 Å². The first-order valence-corrected chi connectivity index (χ1v) is 10.3. The van der Waals surface area contributed by atoms with Crippen molar-refractivity contribution in [3.63, 3.8) is 0 Å². The van der Waals surface area contributed by atoms with E-state index in [9.17, 15) is 14.4 Å². The third kappa shape index (κ3) is 5.60. The Hall–Kier alpha value is -2.34. The summed E-state index contributed by atoms with van der Waals surface area (Å²) in [7, 11) is 0. The van der Waals surface area contributed by atoms with Crippen molar-refractivity contribution >= 4 is 29.4 Å². The number of nitrogens with one attached hydrogen (secondary N) is 1. The quantitative estimate of drug-likeness (QED) is 0.683. The summed E-state index contributed by atoms with van der Waals surface area (Å²) in [6.07, 6.45) is 0.0835. The van der Waals surface area contributed by atoms with E-state index in [0.717, 1.165) is 5.56 Å². The predicted molar refractivity (Wildman–Crippen MR) is 112 cm³/mol. The zero-order valence-corrected chi connectivity index (χ0v) is 18.4. The van der Waals surface area contributed by atoms with E-state index < -0.39 is 11.9 Å². The van der Waals surface area contributed by atoms with Gasteiger partial charge >= 0.3 is 5.97 Å². The van der Waals surface area contributed by atoms with Crippen molar-refractivity contribution in [3.05, 3.63) is 46.1 Å². The number of amides is 2. The molecule has 29 heavy (non-hydrogen) atoms. The number of ether oxygens (including phenoxy) is 1. The molecule has 0 aromatic heterocycles. The Balaban J connectivity index is 2.37. The highest BCUT2D eigenvalue weighted by molar-refractivity contribution is 6.30. The van der Waals surface area contributed by atoms with Gasteiger partial charge in [-0.15, -0.1) is 0 Å². The van der Waals surface area contributed by atoms with Crippen LogP contribution < -0.4 is 5.32 Å². The van der Waals surface area contributed by atoms with Gasteiger partial charge in [0.2, 0.25) is 11.8 Å². The molecule has 1 aromatic rings. The maximum atomic E-state index is 12.9. The van der Waals surface area contributed by atoms with Crippen LogP contribution in [0.2, 0.25) is 5.02 Å². The number of carbonyl (C=O) groups excluding carboxylic acids is 3. The summed E-state index contributed by atoms with van der Waals surface area (Å²) in [5.41, 5.74) is 1.66. The normalized spacial score (nSPS) is 18.1. The molecule has 7 heteroatoms. The molecule has 158 valence electrons. The second-order valence-electron chi connectivity index (χ2n) is 7.61. The number of benzene rings is 1. The molecular formula is C22H29ClN2O4. The van der Waals surface area contributed by atoms with Crippen LogP contribution >= 0.6 is 11.6 Å². The van der Waals surface area contributed by atoms with Crippen molar-refractivity contribution in [2.75, 3.05) is 13.2 Å². The van der Waals surface area contributed by atoms with E-state index in [1.807, 2.05) is 20.8 Å². The number of allylic oxidation sites excluding steroid dienone is 1. The van der Waals surface area contributed by atoms with Gasteiger partial charge in [-0.05, 0) is 44.4 Å². The molecule has 2 amide bonds. The Morgan fingerprint density at radius 1 is 1.24 bits per heavy atom. The maximum Gasteiger partial charge on any atom is 0.336 e. The van der Waals surface area contributed by atoms with E-state index >= 15 is 0 Å². The van der Waals surface area contributed by atoms with Crippen LogP contribution in [-0.2, 0) is 19.1 Å². The summed E-state index contributed by atoms with van der Waals surface area (Å²) in [5.74, 6) is -1.10. The first-order valence-electron chi connectivity index (χ1n) is 9.88. The lowest BCUT2D eigenvalue weighted by atomic mass is 9.83. The Kier molecular flexibility index (Phi) is 7.85. The molecule has 2 atom stereocenters. The van der Waals surface area contributed by atoms with Crippen LogP contribution in [0.5, 0.6) is 0 Å². The van der Waals surface area contributed by atoms with E-state index in [1.54, 1.807) is 38.1 Å². The Labute approximate surface area is 177 Å². The van der Waals surface area contributed by atoms with Crippen LogP contribution in [0.25, 0.3) is 0 Å². The number of hydrogen-bond acceptors (Lipinski definition) is 4. The number of rotatable bonds is 7. The monoisotopic (exact) mass is 420 g/mol. The minimum absolute atomic E-state index is 0.0157. The van der Waals surface area contributed by atoms with Crippen molar-refractivity contribution in [3.8, 4) is 0 Å². The number of hydrogen-bond donors (Lipinski definition) is 1. The van der Waals surface area contributed by atoms with Crippen molar-refractivity contribution in [2.45, 2.75) is 53.0 Å². The summed E-state index contributed by atoms with van der Waals surface area (Å²) in [6.45, 7) is 9.46. The Morgan fingerprint density at radius 2 is 1.86 bits per heavy atom. The zero-order valence-electron chi connectivity index (χ0n) is 17.6. The highest BCUT2D eigenvalue weighted by Crippen LogP contribution is 2.37. The van der Waals surface area contributed by atoms with Crippen molar-refractivity contribution in [1.29, 1.82) is 0 Å². The highest BCUT2D eigenvalue weighted by Gasteiger charge is 2.37. The SMILES string of the molecule is CCOC(=O)C1=C(C)N(CC(=O)N[C@H](C)C(C)C)C(=O)C[C@@H]1c1ccc(Cl)cc1. The molecule has 0 aliphatic carbocycles. The molecule has 0 fully saturated rings. The average Bonchev–Trinajstić information content (AvgIpc) is 2.65. The summed E-state index contributed by atoms with van der Waals surface area (Å²) < 4.78 is 5.25. The lowest BCUT2D eigenvalue weighted by Gasteiger charge is -2.34. The van der Waals surface area contributed by atoms with Gasteiger partial charge in [-0.3, -0.25) is 9.59 Å². The lowest BCUT2D eigenvalue weighted by Crippen LogP contribution is -2.46. The Bertz CT molecular complexity index is 802. The van der Waals surface area contributed by atoms with Gasteiger partial charge < -0.3 is 15.0 Å². The van der Waals surface area contributed by atoms with E-state index in [-0.39, 0.29) is 43.3 Å². The van der Waals surface area contributed by atoms with Crippen LogP contribution in [-0.4, -0.2) is 41.9 Å². The van der Waals surface area contributed by atoms with Gasteiger partial charge in [0.05, 0.1) is 12.2 Å². The molecule has 6 nitrogen and oxygen atoms in total. The van der Waals surface area contributed by atoms with Crippen molar-refractivity contribution in [2.24, 2.45) is 5.92 Å². The van der Waals surface area contributed by atoms with Gasteiger partial charge in [-0.1, -0.05) is 37.6 Å². The molecule has 0 unspecified atom stereocenters. The van der Waals surface area contributed by atoms with Crippen LogP contribution in [0.3, 0.4) is 0 Å². The smallest absolute Gasteiger partial charge is 0.336 e. The molecular weight excluding hydrogens is 392 g/mol. The number of esters is 1. The molecule has 0 spiro atoms. The third-order valence-electron chi connectivity index (χ3n) is 5.28. The molecule has 0 bridgehead atoms. The van der Waals surface area contributed by atoms with E-state index in [2.05, 4.69) is 5.32 Å². The Morgan fingerprint density at radius 3 is 2.41 bits per heavy atom. The molecule has 1 heterocycles. The molecule has 1 N–H and O–H groups in total. The second-order valence-corrected chi connectivity index (χ2v) is 8.04. The predicted octanol–water partition coefficient (Wildman–Crippen LogP) is 3.65. The van der Waals surface area contributed by atoms with Gasteiger partial charge in [0.25, 0.3) is 0 Å². The van der Waals surface area contributed by atoms with Crippen molar-refractivity contribution in [1.82, 2.24) is 10.2 Å². The molecule has 1 aromatic carbocycles. The second kappa shape index (κ2) is 9.92. The maximum absolute atomic E-state index is 12.9. The fourth-order valence-electron chi connectivity index (χ4n) is 3.27. The minimum Gasteiger partial charge on any atom is -0.463 e. The third-order valence-corrected chi connectivity index (χ3v) is 5.53. The molecule has 0 radical (unpaired) electrons. The average molecular weight is 421 g/mol. The van der Waals surface area contributed by atoms with Crippen LogP contribution in [0.1, 0.15) is 52.5 Å². The largest absolute Gasteiger partial charge is 0.463 e. The van der Waals surface area contributed by atoms with E-state index in [1.165, 1.54) is 4.90 Å². The van der Waals surface area contributed by atoms with Crippen LogP contribution in [0, 0.1) is 5.92 Å². The van der Waals surface area contributed by atoms with Crippen LogP contribution in [0.15, 0.2) is 35.5 Å². The number of carbonyl (C=O) groups is 3. The highest BCUT2D eigenvalue weighted by atomic mass is 35.5. The summed E-state index contributed by atoms with van der Waals surface area (Å²) in [6, 6.07) is 7.05. The lowest BCUT2D eigenvalue weighted by molar-refractivity contribution is -0.141. The number of halogens is 1. The summed E-state index contributed by atoms with van der Waals surface area (Å²) in [4.78, 5) is 39.4. The number of nitrogens with zero attached hydrogens (tertiary/aromatic N) is 1. The fourth-order valence-corrected chi connectivity index (χ4v) is 3.39. The fraction of sp³-hybridized carbons (Fsp3) is 0.500. The first-order chi connectivity index (χ1) is 13.6. The van der Waals surface area contributed by atoms with Gasteiger partial charge in [-0.2, -0.15) is 0 Å². The summed E-state index contributed by atoms with van der Waals surface area (Å²) in [5, 5.41) is 3.48. The van der Waals surface area contributed by atoms with Crippen molar-refractivity contribution < 1.29 is 19.1 Å². The molecule has 0 saturated carbocycles. The van der Waals surface area contributed by atoms with Gasteiger partial charge in [0, 0.05) is 29.1 Å². The first kappa shape index (κ1) is 22.9. The van der Waals surface area contributed by atoms with Gasteiger partial charge in [0.1, 0.15) is 6.54 Å². The molecule has 1 aliphatic rings. The summed E-state index contributed by atoms with van der Waals surface area (Å²) >= 11 is 5.98. The molecule has 2 rings (SSSR count). The minimum atomic E-state index is -0.474. The van der Waals surface area contributed by atoms with E-state index in [0.29, 0.717) is 16.3 Å². The molecule has 0 saturated heterocycles. The zero-order chi connectivity index (χ0) is 21.7.